The van der Waals surface area contributed by atoms with Crippen molar-refractivity contribution in [2.24, 2.45) is 0 Å². The fourth-order valence-corrected chi connectivity index (χ4v) is 3.55. The predicted octanol–water partition coefficient (Wildman–Crippen LogP) is 6.86. The van der Waals surface area contributed by atoms with Crippen LogP contribution in [0.4, 0.5) is 43.9 Å². The van der Waals surface area contributed by atoms with Crippen LogP contribution >= 0.6 is 0 Å². The van der Waals surface area contributed by atoms with Gasteiger partial charge in [0.25, 0.3) is 0 Å². The third kappa shape index (κ3) is 6.10. The minimum absolute atomic E-state index is 0.110. The zero-order chi connectivity index (χ0) is 27.8. The van der Waals surface area contributed by atoms with Crippen molar-refractivity contribution < 1.29 is 36.2 Å². The average Bonchev–Trinajstić information content (AvgIpc) is 3.08. The second kappa shape index (κ2) is 9.80. The number of benzene rings is 2. The number of alkyl halides is 3. The van der Waals surface area contributed by atoms with Crippen LogP contribution in [-0.4, -0.2) is 32.7 Å². The van der Waals surface area contributed by atoms with Gasteiger partial charge < -0.3 is 14.8 Å². The first-order chi connectivity index (χ1) is 17.7. The molecule has 0 unspecified atom stereocenters. The van der Waals surface area contributed by atoms with Gasteiger partial charge in [-0.1, -0.05) is 0 Å². The van der Waals surface area contributed by atoms with Gasteiger partial charge in [0.2, 0.25) is 0 Å². The number of ether oxygens (including phenoxy) is 2. The Balaban J connectivity index is 1.73. The number of halogens is 5. The highest BCUT2D eigenvalue weighted by atomic mass is 19.4. The van der Waals surface area contributed by atoms with Crippen LogP contribution in [0.25, 0.3) is 11.0 Å². The van der Waals surface area contributed by atoms with Gasteiger partial charge in [-0.3, -0.25) is 0 Å². The van der Waals surface area contributed by atoms with Crippen LogP contribution < -0.4 is 15.1 Å². The lowest BCUT2D eigenvalue weighted by Crippen LogP contribution is -2.41. The number of aryl methyl sites for hydroxylation is 1. The molecule has 4 rings (SSSR count). The standard InChI is InChI=1S/C25H22F5N5O3/c1-14-32-20-12-18(26)19(27)13-21(20)34(14)35(23(36)38-24(2,3)4)16-9-10-31-22(11-16)33-15-5-7-17(8-6-15)37-25(28,29)30/h5-13H,1-4H3,(H,31,33). The van der Waals surface area contributed by atoms with E-state index in [4.69, 9.17) is 4.74 Å². The van der Waals surface area contributed by atoms with E-state index >= 15 is 0 Å². The Hall–Kier alpha value is -4.42. The number of carbonyl (C=O) groups excluding carboxylic acids is 1. The lowest BCUT2D eigenvalue weighted by atomic mass is 10.2. The topological polar surface area (TPSA) is 81.5 Å². The lowest BCUT2D eigenvalue weighted by Gasteiger charge is -2.29. The first kappa shape index (κ1) is 26.6. The number of imidazole rings is 1. The van der Waals surface area contributed by atoms with Gasteiger partial charge in [0.15, 0.2) is 11.6 Å². The summed E-state index contributed by atoms with van der Waals surface area (Å²) in [5.41, 5.74) is -0.0659. The normalized spacial score (nSPS) is 11.9. The first-order valence-electron chi connectivity index (χ1n) is 11.2. The van der Waals surface area contributed by atoms with Gasteiger partial charge in [0, 0.05) is 30.1 Å². The van der Waals surface area contributed by atoms with E-state index in [0.717, 1.165) is 29.3 Å². The van der Waals surface area contributed by atoms with E-state index in [1.54, 1.807) is 27.7 Å². The molecule has 1 amide bonds. The number of pyridine rings is 1. The zero-order valence-electron chi connectivity index (χ0n) is 20.6. The number of fused-ring (bicyclic) bond motifs is 1. The van der Waals surface area contributed by atoms with Crippen LogP contribution in [0, 0.1) is 18.6 Å². The third-order valence-electron chi connectivity index (χ3n) is 4.95. The van der Waals surface area contributed by atoms with Gasteiger partial charge in [0.05, 0.1) is 16.7 Å². The average molecular weight is 535 g/mol. The van der Waals surface area contributed by atoms with Crippen molar-refractivity contribution in [3.05, 3.63) is 72.2 Å². The summed E-state index contributed by atoms with van der Waals surface area (Å²) in [6.45, 7) is 6.56. The van der Waals surface area contributed by atoms with Crippen LogP contribution in [0.5, 0.6) is 5.75 Å². The van der Waals surface area contributed by atoms with E-state index in [9.17, 15) is 26.7 Å². The Kier molecular flexibility index (Phi) is 6.87. The van der Waals surface area contributed by atoms with Crippen molar-refractivity contribution in [3.8, 4) is 5.75 Å². The maximum absolute atomic E-state index is 14.2. The molecule has 0 aliphatic rings. The summed E-state index contributed by atoms with van der Waals surface area (Å²) in [7, 11) is 0. The van der Waals surface area contributed by atoms with Crippen molar-refractivity contribution in [1.82, 2.24) is 14.6 Å². The number of rotatable bonds is 5. The molecule has 0 saturated heterocycles. The molecule has 0 aliphatic heterocycles. The largest absolute Gasteiger partial charge is 0.573 e. The Morgan fingerprint density at radius 2 is 1.66 bits per heavy atom. The molecule has 38 heavy (non-hydrogen) atoms. The van der Waals surface area contributed by atoms with Crippen LogP contribution in [-0.2, 0) is 4.74 Å². The number of amides is 1. The van der Waals surface area contributed by atoms with E-state index in [-0.39, 0.29) is 28.4 Å². The van der Waals surface area contributed by atoms with E-state index < -0.39 is 35.4 Å². The van der Waals surface area contributed by atoms with Crippen molar-refractivity contribution in [1.29, 1.82) is 0 Å². The monoisotopic (exact) mass is 535 g/mol. The van der Waals surface area contributed by atoms with Crippen molar-refractivity contribution in [2.75, 3.05) is 10.3 Å². The molecule has 200 valence electrons. The summed E-state index contributed by atoms with van der Waals surface area (Å²) in [5.74, 6) is -2.15. The molecule has 0 atom stereocenters. The Morgan fingerprint density at radius 3 is 2.29 bits per heavy atom. The van der Waals surface area contributed by atoms with Gasteiger partial charge >= 0.3 is 12.5 Å². The summed E-state index contributed by atoms with van der Waals surface area (Å²) >= 11 is 0. The Morgan fingerprint density at radius 1 is 1.00 bits per heavy atom. The maximum Gasteiger partial charge on any atom is 0.573 e. The number of aromatic nitrogens is 3. The molecule has 2 heterocycles. The highest BCUT2D eigenvalue weighted by Crippen LogP contribution is 2.29. The minimum Gasteiger partial charge on any atom is -0.442 e. The van der Waals surface area contributed by atoms with E-state index in [1.165, 1.54) is 35.1 Å². The van der Waals surface area contributed by atoms with Gasteiger partial charge in [-0.15, -0.1) is 13.2 Å². The molecule has 0 saturated carbocycles. The van der Waals surface area contributed by atoms with Crippen molar-refractivity contribution in [2.45, 2.75) is 39.7 Å². The molecular weight excluding hydrogens is 513 g/mol. The highest BCUT2D eigenvalue weighted by molar-refractivity contribution is 5.91. The smallest absolute Gasteiger partial charge is 0.442 e. The summed E-state index contributed by atoms with van der Waals surface area (Å²) in [6.07, 6.45) is -4.28. The zero-order valence-corrected chi connectivity index (χ0v) is 20.6. The molecule has 0 spiro atoms. The molecule has 2 aromatic carbocycles. The molecule has 1 N–H and O–H groups in total. The molecule has 0 aliphatic carbocycles. The molecule has 0 bridgehead atoms. The quantitative estimate of drug-likeness (QED) is 0.281. The van der Waals surface area contributed by atoms with Gasteiger partial charge in [-0.2, -0.15) is 5.01 Å². The van der Waals surface area contributed by atoms with Gasteiger partial charge in [0.1, 0.15) is 23.0 Å². The molecule has 4 aromatic rings. The lowest BCUT2D eigenvalue weighted by molar-refractivity contribution is -0.274. The molecule has 13 heteroatoms. The molecule has 0 radical (unpaired) electrons. The molecular formula is C25H22F5N5O3. The fraction of sp³-hybridized carbons (Fsp3) is 0.240. The highest BCUT2D eigenvalue weighted by Gasteiger charge is 2.31. The fourth-order valence-electron chi connectivity index (χ4n) is 3.55. The van der Waals surface area contributed by atoms with Crippen molar-refractivity contribution >= 4 is 34.3 Å². The van der Waals surface area contributed by atoms with Crippen LogP contribution in [0.15, 0.2) is 54.7 Å². The second-order valence-corrected chi connectivity index (χ2v) is 9.11. The van der Waals surface area contributed by atoms with Crippen molar-refractivity contribution in [3.63, 3.8) is 0 Å². The van der Waals surface area contributed by atoms with E-state index in [1.807, 2.05) is 0 Å². The van der Waals surface area contributed by atoms with Gasteiger partial charge in [-0.25, -0.2) is 28.2 Å². The van der Waals surface area contributed by atoms with Crippen LogP contribution in [0.3, 0.4) is 0 Å². The summed E-state index contributed by atoms with van der Waals surface area (Å²) < 4.78 is 76.0. The number of hydrogen-bond donors (Lipinski definition) is 1. The number of carbonyl (C=O) groups is 1. The number of nitrogens with zero attached hydrogens (tertiary/aromatic N) is 4. The Bertz CT molecular complexity index is 1480. The number of anilines is 3. The number of hydrogen-bond acceptors (Lipinski definition) is 6. The maximum atomic E-state index is 14.2. The van der Waals surface area contributed by atoms with Gasteiger partial charge in [-0.05, 0) is 58.0 Å². The van der Waals surface area contributed by atoms with Crippen LogP contribution in [0.1, 0.15) is 26.6 Å². The molecule has 2 aromatic heterocycles. The predicted molar refractivity (Wildman–Crippen MR) is 129 cm³/mol. The second-order valence-electron chi connectivity index (χ2n) is 9.11. The molecule has 8 nitrogen and oxygen atoms in total. The third-order valence-corrected chi connectivity index (χ3v) is 4.95. The Labute approximate surface area is 213 Å². The first-order valence-corrected chi connectivity index (χ1v) is 11.2. The van der Waals surface area contributed by atoms with Crippen LogP contribution in [0.2, 0.25) is 0 Å². The van der Waals surface area contributed by atoms with E-state index in [2.05, 4.69) is 20.0 Å². The number of nitrogens with one attached hydrogen (secondary N) is 1. The summed E-state index contributed by atoms with van der Waals surface area (Å²) in [5, 5.41) is 4.03. The SMILES string of the molecule is Cc1nc2cc(F)c(F)cc2n1N(C(=O)OC(C)(C)C)c1ccnc(Nc2ccc(OC(F)(F)F)cc2)c1. The molecule has 0 fully saturated rings. The summed E-state index contributed by atoms with van der Waals surface area (Å²) in [4.78, 5) is 21.8. The van der Waals surface area contributed by atoms with E-state index in [0.29, 0.717) is 5.69 Å². The summed E-state index contributed by atoms with van der Waals surface area (Å²) in [6, 6.07) is 9.76. The minimum atomic E-state index is -4.82.